The third-order valence-corrected chi connectivity index (χ3v) is 5.48. The zero-order valence-electron chi connectivity index (χ0n) is 18.4. The van der Waals surface area contributed by atoms with Gasteiger partial charge in [0.25, 0.3) is 5.91 Å². The van der Waals surface area contributed by atoms with Gasteiger partial charge in [0.2, 0.25) is 0 Å². The molecule has 7 nitrogen and oxygen atoms in total. The van der Waals surface area contributed by atoms with E-state index in [9.17, 15) is 23.1 Å². The van der Waals surface area contributed by atoms with Crippen LogP contribution in [0, 0.1) is 6.92 Å². The van der Waals surface area contributed by atoms with Gasteiger partial charge in [0.05, 0.1) is 25.5 Å². The van der Waals surface area contributed by atoms with Gasteiger partial charge in [-0.2, -0.15) is 13.2 Å². The number of aromatic nitrogens is 2. The van der Waals surface area contributed by atoms with Crippen molar-refractivity contribution in [3.63, 3.8) is 0 Å². The lowest BCUT2D eigenvalue weighted by Gasteiger charge is -2.28. The van der Waals surface area contributed by atoms with Crippen molar-refractivity contribution in [1.29, 1.82) is 0 Å². The third-order valence-electron chi connectivity index (χ3n) is 5.48. The Hall–Kier alpha value is -3.50. The summed E-state index contributed by atoms with van der Waals surface area (Å²) in [5.41, 5.74) is 2.17. The third kappa shape index (κ3) is 5.35. The summed E-state index contributed by atoms with van der Waals surface area (Å²) in [4.78, 5) is 22.5. The largest absolute Gasteiger partial charge is 0.433 e. The maximum atomic E-state index is 12.9. The van der Waals surface area contributed by atoms with Crippen LogP contribution in [0.4, 0.5) is 24.7 Å². The quantitative estimate of drug-likeness (QED) is 0.583. The van der Waals surface area contributed by atoms with Crippen LogP contribution in [0.15, 0.2) is 48.7 Å². The number of rotatable bonds is 5. The summed E-state index contributed by atoms with van der Waals surface area (Å²) < 4.78 is 44.2. The second-order valence-electron chi connectivity index (χ2n) is 7.87. The zero-order chi connectivity index (χ0) is 24.3. The minimum atomic E-state index is -4.64. The topological polar surface area (TPSA) is 87.6 Å². The molecule has 0 bridgehead atoms. The molecule has 34 heavy (non-hydrogen) atoms. The van der Waals surface area contributed by atoms with Gasteiger partial charge in [-0.1, -0.05) is 6.07 Å². The van der Waals surface area contributed by atoms with Crippen molar-refractivity contribution < 1.29 is 27.8 Å². The van der Waals surface area contributed by atoms with E-state index in [1.165, 1.54) is 6.07 Å². The molecule has 0 radical (unpaired) electrons. The van der Waals surface area contributed by atoms with Crippen LogP contribution < -0.4 is 10.2 Å². The average Bonchev–Trinajstić information content (AvgIpc) is 2.85. The molecule has 1 aliphatic rings. The van der Waals surface area contributed by atoms with Gasteiger partial charge in [0.1, 0.15) is 11.5 Å². The summed E-state index contributed by atoms with van der Waals surface area (Å²) in [6, 6.07) is 10.9. The smallest absolute Gasteiger partial charge is 0.390 e. The first-order valence-electron chi connectivity index (χ1n) is 10.6. The fourth-order valence-corrected chi connectivity index (χ4v) is 3.70. The highest BCUT2D eigenvalue weighted by molar-refractivity contribution is 6.04. The number of nitrogens with zero attached hydrogens (tertiary/aromatic N) is 3. The van der Waals surface area contributed by atoms with Crippen LogP contribution in [0.2, 0.25) is 0 Å². The van der Waals surface area contributed by atoms with Gasteiger partial charge >= 0.3 is 6.18 Å². The van der Waals surface area contributed by atoms with Gasteiger partial charge < -0.3 is 20.1 Å². The Morgan fingerprint density at radius 3 is 2.62 bits per heavy atom. The van der Waals surface area contributed by atoms with E-state index in [4.69, 9.17) is 4.74 Å². The monoisotopic (exact) mass is 472 g/mol. The number of anilines is 2. The summed E-state index contributed by atoms with van der Waals surface area (Å²) in [5.74, 6) is 0.0395. The molecule has 1 amide bonds. The average molecular weight is 472 g/mol. The lowest BCUT2D eigenvalue weighted by molar-refractivity contribution is -0.141. The van der Waals surface area contributed by atoms with E-state index >= 15 is 0 Å². The molecule has 2 aromatic heterocycles. The van der Waals surface area contributed by atoms with Crippen LogP contribution in [0.25, 0.3) is 11.1 Å². The number of hydrogen-bond donors (Lipinski definition) is 2. The van der Waals surface area contributed by atoms with E-state index in [0.29, 0.717) is 37.7 Å². The SMILES string of the molecule is Cc1ccc(NC(=O)c2ccnc(C(F)(F)F)c2)cc1-c1cc(CO)nc(N2CCOCC2)c1. The molecule has 0 unspecified atom stereocenters. The predicted octanol–water partition coefficient (Wildman–Crippen LogP) is 4.05. The summed E-state index contributed by atoms with van der Waals surface area (Å²) in [5, 5.41) is 12.4. The fourth-order valence-electron chi connectivity index (χ4n) is 3.70. The minimum absolute atomic E-state index is 0.148. The van der Waals surface area contributed by atoms with E-state index in [-0.39, 0.29) is 12.2 Å². The zero-order valence-corrected chi connectivity index (χ0v) is 18.4. The molecular weight excluding hydrogens is 449 g/mol. The lowest BCUT2D eigenvalue weighted by Crippen LogP contribution is -2.36. The van der Waals surface area contributed by atoms with Crippen LogP contribution in [0.5, 0.6) is 0 Å². The van der Waals surface area contributed by atoms with Crippen molar-refractivity contribution in [2.75, 3.05) is 36.5 Å². The van der Waals surface area contributed by atoms with Gasteiger partial charge in [0, 0.05) is 30.5 Å². The highest BCUT2D eigenvalue weighted by Crippen LogP contribution is 2.31. The fraction of sp³-hybridized carbons (Fsp3) is 0.292. The molecular formula is C24H23F3N4O3. The second kappa shape index (κ2) is 9.78. The molecule has 4 rings (SSSR count). The summed E-state index contributed by atoms with van der Waals surface area (Å²) in [6.45, 7) is 4.22. The van der Waals surface area contributed by atoms with Crippen LogP contribution in [-0.4, -0.2) is 47.3 Å². The molecule has 0 spiro atoms. The number of amides is 1. The van der Waals surface area contributed by atoms with Crippen molar-refractivity contribution in [1.82, 2.24) is 9.97 Å². The van der Waals surface area contributed by atoms with Gasteiger partial charge in [-0.05, 0) is 60.0 Å². The van der Waals surface area contributed by atoms with Crippen molar-refractivity contribution >= 4 is 17.4 Å². The number of halogens is 3. The maximum absolute atomic E-state index is 12.9. The Kier molecular flexibility index (Phi) is 6.80. The first kappa shape index (κ1) is 23.7. The van der Waals surface area contributed by atoms with E-state index in [0.717, 1.165) is 34.8 Å². The number of carbonyl (C=O) groups is 1. The Labute approximate surface area is 194 Å². The Balaban J connectivity index is 1.63. The van der Waals surface area contributed by atoms with E-state index in [2.05, 4.69) is 20.2 Å². The molecule has 0 saturated carbocycles. The van der Waals surface area contributed by atoms with Gasteiger partial charge in [-0.3, -0.25) is 9.78 Å². The number of benzene rings is 1. The van der Waals surface area contributed by atoms with Crippen LogP contribution in [0.1, 0.15) is 27.3 Å². The summed E-state index contributed by atoms with van der Waals surface area (Å²) >= 11 is 0. The lowest BCUT2D eigenvalue weighted by atomic mass is 9.99. The predicted molar refractivity (Wildman–Crippen MR) is 121 cm³/mol. The van der Waals surface area contributed by atoms with Crippen molar-refractivity contribution in [2.45, 2.75) is 19.7 Å². The van der Waals surface area contributed by atoms with Gasteiger partial charge in [-0.15, -0.1) is 0 Å². The number of carbonyl (C=O) groups excluding carboxylic acids is 1. The molecule has 0 atom stereocenters. The Morgan fingerprint density at radius 2 is 1.91 bits per heavy atom. The Bertz CT molecular complexity index is 1190. The van der Waals surface area contributed by atoms with Gasteiger partial charge in [-0.25, -0.2) is 4.98 Å². The number of aliphatic hydroxyl groups excluding tert-OH is 1. The molecule has 1 aliphatic heterocycles. The normalized spacial score (nSPS) is 14.2. The molecule has 2 N–H and O–H groups in total. The number of ether oxygens (including phenoxy) is 1. The summed E-state index contributed by atoms with van der Waals surface area (Å²) in [6.07, 6.45) is -3.68. The van der Waals surface area contributed by atoms with Crippen LogP contribution in [-0.2, 0) is 17.5 Å². The Morgan fingerprint density at radius 1 is 1.15 bits per heavy atom. The first-order valence-corrected chi connectivity index (χ1v) is 10.6. The standard InChI is InChI=1S/C24H23F3N4O3/c1-15-2-3-18(30-23(33)16-4-5-28-21(11-16)24(25,26)27)13-20(15)17-10-19(14-32)29-22(12-17)31-6-8-34-9-7-31/h2-5,10-13,32H,6-9,14H2,1H3,(H,30,33). The van der Waals surface area contributed by atoms with Crippen LogP contribution in [0.3, 0.4) is 0 Å². The summed E-state index contributed by atoms with van der Waals surface area (Å²) in [7, 11) is 0. The number of nitrogens with one attached hydrogen (secondary N) is 1. The number of pyridine rings is 2. The van der Waals surface area contributed by atoms with E-state index in [1.54, 1.807) is 18.2 Å². The number of hydrogen-bond acceptors (Lipinski definition) is 6. The van der Waals surface area contributed by atoms with E-state index in [1.807, 2.05) is 19.1 Å². The molecule has 10 heteroatoms. The van der Waals surface area contributed by atoms with Crippen molar-refractivity contribution in [3.05, 3.63) is 71.2 Å². The van der Waals surface area contributed by atoms with Crippen molar-refractivity contribution in [3.8, 4) is 11.1 Å². The molecule has 1 fully saturated rings. The van der Waals surface area contributed by atoms with E-state index < -0.39 is 17.8 Å². The highest BCUT2D eigenvalue weighted by Gasteiger charge is 2.33. The molecule has 0 aliphatic carbocycles. The van der Waals surface area contributed by atoms with Gasteiger partial charge in [0.15, 0.2) is 0 Å². The molecule has 3 heterocycles. The number of aliphatic hydroxyl groups is 1. The number of alkyl halides is 3. The minimum Gasteiger partial charge on any atom is -0.390 e. The molecule has 1 saturated heterocycles. The molecule has 178 valence electrons. The maximum Gasteiger partial charge on any atom is 0.433 e. The molecule has 1 aromatic carbocycles. The first-order chi connectivity index (χ1) is 16.2. The highest BCUT2D eigenvalue weighted by atomic mass is 19.4. The second-order valence-corrected chi connectivity index (χ2v) is 7.87. The van der Waals surface area contributed by atoms with Crippen LogP contribution >= 0.6 is 0 Å². The number of aryl methyl sites for hydroxylation is 1. The molecule has 3 aromatic rings. The number of morpholine rings is 1. The van der Waals surface area contributed by atoms with Crippen molar-refractivity contribution in [2.24, 2.45) is 0 Å².